The van der Waals surface area contributed by atoms with E-state index >= 15 is 0 Å². The number of primary amides is 1. The summed E-state index contributed by atoms with van der Waals surface area (Å²) in [7, 11) is 0. The predicted molar refractivity (Wildman–Crippen MR) is 106 cm³/mol. The van der Waals surface area contributed by atoms with Crippen LogP contribution in [0.4, 0.5) is 10.3 Å². The fourth-order valence-electron chi connectivity index (χ4n) is 3.60. The summed E-state index contributed by atoms with van der Waals surface area (Å²) >= 11 is 0. The number of amides is 1. The molecule has 1 aliphatic carbocycles. The molecule has 4 rings (SSSR count). The lowest BCUT2D eigenvalue weighted by Crippen LogP contribution is -2.42. The highest BCUT2D eigenvalue weighted by molar-refractivity contribution is 5.94. The van der Waals surface area contributed by atoms with Crippen LogP contribution >= 0.6 is 0 Å². The van der Waals surface area contributed by atoms with Crippen molar-refractivity contribution < 1.29 is 14.3 Å². The van der Waals surface area contributed by atoms with Gasteiger partial charge in [0.25, 0.3) is 0 Å². The highest BCUT2D eigenvalue weighted by atomic mass is 19.1. The van der Waals surface area contributed by atoms with Crippen molar-refractivity contribution in [2.45, 2.75) is 24.7 Å². The van der Waals surface area contributed by atoms with E-state index in [1.165, 1.54) is 24.3 Å². The Hall–Kier alpha value is -3.55. The quantitative estimate of drug-likeness (QED) is 0.593. The van der Waals surface area contributed by atoms with Crippen molar-refractivity contribution in [3.05, 3.63) is 66.0 Å². The molecule has 2 heterocycles. The number of nitrogens with two attached hydrogens (primary N) is 1. The van der Waals surface area contributed by atoms with Crippen LogP contribution in [0.5, 0.6) is 5.75 Å². The number of halogens is 1. The molecule has 1 aromatic carbocycles. The van der Waals surface area contributed by atoms with Crippen LogP contribution in [0.3, 0.4) is 0 Å². The Bertz CT molecular complexity index is 1050. The zero-order valence-electron chi connectivity index (χ0n) is 15.6. The van der Waals surface area contributed by atoms with Gasteiger partial charge in [0.15, 0.2) is 0 Å². The lowest BCUT2D eigenvalue weighted by Gasteiger charge is -2.41. The van der Waals surface area contributed by atoms with E-state index in [1.807, 2.05) is 0 Å². The number of hydrogen-bond donors (Lipinski definition) is 3. The zero-order valence-corrected chi connectivity index (χ0v) is 15.6. The van der Waals surface area contributed by atoms with Crippen molar-refractivity contribution in [1.82, 2.24) is 15.0 Å². The highest BCUT2D eigenvalue weighted by Crippen LogP contribution is 2.43. The molecule has 29 heavy (non-hydrogen) atoms. The molecule has 0 aliphatic heterocycles. The van der Waals surface area contributed by atoms with E-state index in [9.17, 15) is 14.3 Å². The van der Waals surface area contributed by atoms with Crippen molar-refractivity contribution in [3.8, 4) is 16.9 Å². The summed E-state index contributed by atoms with van der Waals surface area (Å²) in [5.41, 5.74) is 6.66. The van der Waals surface area contributed by atoms with Gasteiger partial charge in [-0.1, -0.05) is 6.42 Å². The van der Waals surface area contributed by atoms with Crippen LogP contribution < -0.4 is 11.1 Å². The van der Waals surface area contributed by atoms with Crippen molar-refractivity contribution in [3.63, 3.8) is 0 Å². The number of rotatable bonds is 6. The van der Waals surface area contributed by atoms with Crippen molar-refractivity contribution in [2.24, 2.45) is 5.73 Å². The van der Waals surface area contributed by atoms with Crippen LogP contribution in [-0.2, 0) is 5.41 Å². The number of phenols is 1. The number of pyridine rings is 1. The third kappa shape index (κ3) is 3.61. The molecular weight excluding hydrogens is 373 g/mol. The Morgan fingerprint density at radius 3 is 2.59 bits per heavy atom. The molecule has 1 amide bonds. The van der Waals surface area contributed by atoms with Gasteiger partial charge in [-0.05, 0) is 43.2 Å². The summed E-state index contributed by atoms with van der Waals surface area (Å²) < 4.78 is 14.2. The van der Waals surface area contributed by atoms with Gasteiger partial charge in [0.1, 0.15) is 11.6 Å². The lowest BCUT2D eigenvalue weighted by atomic mass is 9.66. The van der Waals surface area contributed by atoms with Crippen LogP contribution in [0.1, 0.15) is 35.3 Å². The number of phenolic OH excluding ortho intramolecular Hbond substituents is 1. The second kappa shape index (κ2) is 7.46. The number of nitrogens with zero attached hydrogens (tertiary/aromatic N) is 3. The number of carbonyl (C=O) groups is 1. The van der Waals surface area contributed by atoms with Gasteiger partial charge in [0.05, 0.1) is 5.69 Å². The van der Waals surface area contributed by atoms with Crippen molar-refractivity contribution in [2.75, 3.05) is 11.9 Å². The number of hydrogen-bond acceptors (Lipinski definition) is 6. The fraction of sp³-hybridized carbons (Fsp3) is 0.238. The minimum absolute atomic E-state index is 0.00152. The summed E-state index contributed by atoms with van der Waals surface area (Å²) in [4.78, 5) is 24.2. The molecule has 1 aliphatic rings. The molecule has 0 atom stereocenters. The zero-order chi connectivity index (χ0) is 20.4. The van der Waals surface area contributed by atoms with Gasteiger partial charge in [-0.2, -0.15) is 0 Å². The summed E-state index contributed by atoms with van der Waals surface area (Å²) in [6.07, 6.45) is 7.41. The third-order valence-corrected chi connectivity index (χ3v) is 5.40. The van der Waals surface area contributed by atoms with E-state index < -0.39 is 5.91 Å². The van der Waals surface area contributed by atoms with E-state index in [-0.39, 0.29) is 22.5 Å². The number of aromatic nitrogens is 3. The summed E-state index contributed by atoms with van der Waals surface area (Å²) in [6.45, 7) is 0.475. The van der Waals surface area contributed by atoms with Crippen LogP contribution in [0.25, 0.3) is 11.1 Å². The number of benzene rings is 1. The van der Waals surface area contributed by atoms with E-state index in [1.54, 1.807) is 24.7 Å². The molecule has 2 aromatic heterocycles. The average Bonchev–Trinajstić information content (AvgIpc) is 2.69. The molecular formula is C21H20FN5O2. The van der Waals surface area contributed by atoms with Crippen LogP contribution in [0, 0.1) is 5.82 Å². The molecule has 1 fully saturated rings. The Kier molecular flexibility index (Phi) is 4.84. The molecule has 1 saturated carbocycles. The van der Waals surface area contributed by atoms with Crippen LogP contribution in [0.2, 0.25) is 0 Å². The largest absolute Gasteiger partial charge is 0.507 e. The SMILES string of the molecule is NC(=O)c1ccc(O)c(-c2cnc(NCC3(c4ncccc4F)CCC3)nc2)c1. The Labute approximate surface area is 166 Å². The van der Waals surface area contributed by atoms with Gasteiger partial charge in [-0.15, -0.1) is 0 Å². The van der Waals surface area contributed by atoms with E-state index in [0.29, 0.717) is 29.3 Å². The Morgan fingerprint density at radius 2 is 1.97 bits per heavy atom. The first-order valence-electron chi connectivity index (χ1n) is 9.29. The minimum Gasteiger partial charge on any atom is -0.507 e. The van der Waals surface area contributed by atoms with E-state index in [0.717, 1.165) is 19.3 Å². The van der Waals surface area contributed by atoms with Crippen LogP contribution in [-0.4, -0.2) is 32.5 Å². The van der Waals surface area contributed by atoms with Crippen molar-refractivity contribution >= 4 is 11.9 Å². The van der Waals surface area contributed by atoms with Crippen molar-refractivity contribution in [1.29, 1.82) is 0 Å². The third-order valence-electron chi connectivity index (χ3n) is 5.40. The summed E-state index contributed by atoms with van der Waals surface area (Å²) in [6, 6.07) is 7.37. The normalized spacial score (nSPS) is 14.8. The molecule has 0 radical (unpaired) electrons. The van der Waals surface area contributed by atoms with Gasteiger partial charge < -0.3 is 16.2 Å². The first kappa shape index (κ1) is 18.8. The standard InChI is InChI=1S/C21H20FN5O2/c22-16-3-1-8-24-18(16)21(6-2-7-21)12-27-20-25-10-14(11-26-20)15-9-13(19(23)29)4-5-17(15)28/h1,3-5,8-11,28H,2,6-7,12H2,(H2,23,29)(H,25,26,27). The molecule has 148 valence electrons. The number of aromatic hydroxyl groups is 1. The second-order valence-corrected chi connectivity index (χ2v) is 7.21. The van der Waals surface area contributed by atoms with E-state index in [2.05, 4.69) is 20.3 Å². The van der Waals surface area contributed by atoms with Gasteiger partial charge in [-0.3, -0.25) is 9.78 Å². The highest BCUT2D eigenvalue weighted by Gasteiger charge is 2.41. The Morgan fingerprint density at radius 1 is 1.21 bits per heavy atom. The first-order chi connectivity index (χ1) is 14.0. The minimum atomic E-state index is -0.585. The van der Waals surface area contributed by atoms with Gasteiger partial charge in [0, 0.05) is 47.2 Å². The first-order valence-corrected chi connectivity index (χ1v) is 9.29. The molecule has 7 nitrogen and oxygen atoms in total. The summed E-state index contributed by atoms with van der Waals surface area (Å²) in [5.74, 6) is -0.492. The maximum Gasteiger partial charge on any atom is 0.248 e. The molecule has 0 unspecified atom stereocenters. The molecule has 0 spiro atoms. The number of carbonyl (C=O) groups excluding carboxylic acids is 1. The van der Waals surface area contributed by atoms with Crippen LogP contribution in [0.15, 0.2) is 48.9 Å². The smallest absolute Gasteiger partial charge is 0.248 e. The van der Waals surface area contributed by atoms with Gasteiger partial charge in [0.2, 0.25) is 11.9 Å². The molecule has 8 heteroatoms. The summed E-state index contributed by atoms with van der Waals surface area (Å²) in [5, 5.41) is 13.2. The second-order valence-electron chi connectivity index (χ2n) is 7.21. The van der Waals surface area contributed by atoms with E-state index in [4.69, 9.17) is 5.73 Å². The fourth-order valence-corrected chi connectivity index (χ4v) is 3.60. The molecule has 4 N–H and O–H groups in total. The monoisotopic (exact) mass is 393 g/mol. The predicted octanol–water partition coefficient (Wildman–Crippen LogP) is 3.02. The van der Waals surface area contributed by atoms with Gasteiger partial charge >= 0.3 is 0 Å². The number of anilines is 1. The maximum atomic E-state index is 14.2. The van der Waals surface area contributed by atoms with Gasteiger partial charge in [-0.25, -0.2) is 14.4 Å². The average molecular weight is 393 g/mol. The Balaban J connectivity index is 1.51. The molecule has 0 bridgehead atoms. The molecule has 0 saturated heterocycles. The molecule has 3 aromatic rings. The maximum absolute atomic E-state index is 14.2. The lowest BCUT2D eigenvalue weighted by molar-refractivity contribution is 0.100. The number of nitrogens with one attached hydrogen (secondary N) is 1. The topological polar surface area (TPSA) is 114 Å².